The van der Waals surface area contributed by atoms with Crippen LogP contribution in [0.1, 0.15) is 50.8 Å². The van der Waals surface area contributed by atoms with Gasteiger partial charge >= 0.3 is 0 Å². The lowest BCUT2D eigenvalue weighted by atomic mass is 9.95. The number of hydrogen-bond donors (Lipinski definition) is 1. The van der Waals surface area contributed by atoms with Gasteiger partial charge in [0.05, 0.1) is 0 Å². The summed E-state index contributed by atoms with van der Waals surface area (Å²) in [7, 11) is 0. The molecule has 128 valence electrons. The van der Waals surface area contributed by atoms with E-state index < -0.39 is 0 Å². The third-order valence-electron chi connectivity index (χ3n) is 4.28. The summed E-state index contributed by atoms with van der Waals surface area (Å²) in [4.78, 5) is 0. The Kier molecular flexibility index (Phi) is 8.05. The van der Waals surface area contributed by atoms with E-state index in [-0.39, 0.29) is 0 Å². The molecule has 0 radical (unpaired) electrons. The summed E-state index contributed by atoms with van der Waals surface area (Å²) in [6, 6.07) is 6.58. The average molecular weight is 322 g/mol. The van der Waals surface area contributed by atoms with Crippen LogP contribution in [0.2, 0.25) is 0 Å². The van der Waals surface area contributed by atoms with Crippen LogP contribution in [0.25, 0.3) is 5.57 Å². The highest BCUT2D eigenvalue weighted by molar-refractivity contribution is 5.68. The molecule has 1 rings (SSSR count). The lowest BCUT2D eigenvalue weighted by molar-refractivity contribution is 0.912. The van der Waals surface area contributed by atoms with Crippen molar-refractivity contribution in [1.29, 1.82) is 0 Å². The number of rotatable bonds is 8. The largest absolute Gasteiger partial charge is 0.359 e. The monoisotopic (exact) mass is 321 g/mol. The van der Waals surface area contributed by atoms with Crippen molar-refractivity contribution in [2.24, 2.45) is 0 Å². The molecule has 0 atom stereocenters. The van der Waals surface area contributed by atoms with Gasteiger partial charge in [0, 0.05) is 11.4 Å². The molecule has 1 aromatic carbocycles. The van der Waals surface area contributed by atoms with E-state index in [4.69, 9.17) is 0 Å². The van der Waals surface area contributed by atoms with Crippen molar-refractivity contribution in [2.75, 3.05) is 0 Å². The Hall–Kier alpha value is -2.28. The molecule has 0 bridgehead atoms. The van der Waals surface area contributed by atoms with Crippen molar-refractivity contribution < 1.29 is 0 Å². The molecule has 0 spiro atoms. The molecule has 0 amide bonds. The third-order valence-corrected chi connectivity index (χ3v) is 4.28. The standard InChI is InChI=1S/C23H31N/c1-8-12-22-15-11-16-23(20(22)6)18(4)13-10-14-19(5)24-21(7)17(3)9-2/h9-11,13-16,24H,2,5,8,12H2,1,3-4,6-7H3/b14-10-,18-13+,21-17+. The molecule has 0 fully saturated rings. The molecular weight excluding hydrogens is 290 g/mol. The number of nitrogens with one attached hydrogen (secondary N) is 1. The van der Waals surface area contributed by atoms with Crippen LogP contribution in [0, 0.1) is 6.92 Å². The van der Waals surface area contributed by atoms with Gasteiger partial charge < -0.3 is 5.32 Å². The number of allylic oxidation sites excluding steroid dienone is 7. The number of hydrogen-bond acceptors (Lipinski definition) is 1. The third kappa shape index (κ3) is 5.73. The topological polar surface area (TPSA) is 12.0 Å². The fourth-order valence-electron chi connectivity index (χ4n) is 2.58. The van der Waals surface area contributed by atoms with Gasteiger partial charge in [0.15, 0.2) is 0 Å². The smallest absolute Gasteiger partial charge is 0.0308 e. The number of benzene rings is 1. The summed E-state index contributed by atoms with van der Waals surface area (Å²) in [6.45, 7) is 18.5. The zero-order chi connectivity index (χ0) is 18.1. The maximum atomic E-state index is 4.04. The van der Waals surface area contributed by atoms with Gasteiger partial charge in [0.25, 0.3) is 0 Å². The molecule has 0 aliphatic heterocycles. The van der Waals surface area contributed by atoms with E-state index in [1.54, 1.807) is 0 Å². The van der Waals surface area contributed by atoms with E-state index >= 15 is 0 Å². The molecule has 24 heavy (non-hydrogen) atoms. The zero-order valence-corrected chi connectivity index (χ0v) is 15.9. The molecule has 0 aromatic heterocycles. The van der Waals surface area contributed by atoms with E-state index in [2.05, 4.69) is 63.5 Å². The van der Waals surface area contributed by atoms with Gasteiger partial charge in [0.1, 0.15) is 0 Å². The van der Waals surface area contributed by atoms with Crippen molar-refractivity contribution in [3.63, 3.8) is 0 Å². The minimum Gasteiger partial charge on any atom is -0.359 e. The van der Waals surface area contributed by atoms with Crippen LogP contribution < -0.4 is 5.32 Å². The van der Waals surface area contributed by atoms with Crippen LogP contribution in [0.3, 0.4) is 0 Å². The van der Waals surface area contributed by atoms with Gasteiger partial charge in [-0.3, -0.25) is 0 Å². The van der Waals surface area contributed by atoms with Crippen molar-refractivity contribution in [1.82, 2.24) is 5.32 Å². The Morgan fingerprint density at radius 1 is 1.21 bits per heavy atom. The first-order valence-electron chi connectivity index (χ1n) is 8.60. The lowest BCUT2D eigenvalue weighted by Crippen LogP contribution is -2.08. The molecule has 1 nitrogen and oxygen atoms in total. The van der Waals surface area contributed by atoms with E-state index in [0.29, 0.717) is 0 Å². The second-order valence-electron chi connectivity index (χ2n) is 6.21. The van der Waals surface area contributed by atoms with Crippen LogP contribution >= 0.6 is 0 Å². The Morgan fingerprint density at radius 3 is 2.54 bits per heavy atom. The van der Waals surface area contributed by atoms with E-state index in [9.17, 15) is 0 Å². The molecule has 1 heteroatoms. The maximum Gasteiger partial charge on any atom is 0.0308 e. The van der Waals surface area contributed by atoms with Gasteiger partial charge in [0.2, 0.25) is 0 Å². The summed E-state index contributed by atoms with van der Waals surface area (Å²) in [5, 5.41) is 3.28. The fourth-order valence-corrected chi connectivity index (χ4v) is 2.58. The summed E-state index contributed by atoms with van der Waals surface area (Å²) in [5.41, 5.74) is 8.49. The molecule has 0 saturated heterocycles. The van der Waals surface area contributed by atoms with Crippen LogP contribution in [-0.4, -0.2) is 0 Å². The lowest BCUT2D eigenvalue weighted by Gasteiger charge is -2.11. The number of aryl methyl sites for hydroxylation is 1. The predicted molar refractivity (Wildman–Crippen MR) is 109 cm³/mol. The van der Waals surface area contributed by atoms with Crippen LogP contribution in [0.4, 0.5) is 0 Å². The summed E-state index contributed by atoms with van der Waals surface area (Å²) < 4.78 is 0. The quantitative estimate of drug-likeness (QED) is 0.539. The van der Waals surface area contributed by atoms with Crippen molar-refractivity contribution in [3.8, 4) is 0 Å². The zero-order valence-electron chi connectivity index (χ0n) is 15.9. The summed E-state index contributed by atoms with van der Waals surface area (Å²) in [6.07, 6.45) is 10.3. The molecule has 0 heterocycles. The maximum absolute atomic E-state index is 4.04. The molecule has 0 unspecified atom stereocenters. The van der Waals surface area contributed by atoms with Crippen molar-refractivity contribution in [2.45, 2.75) is 47.5 Å². The SMILES string of the molecule is C=C/C(C)=C(\C)NC(=C)/C=C\C=C(/C)c1cccc(CCC)c1C. The van der Waals surface area contributed by atoms with Crippen LogP contribution in [-0.2, 0) is 6.42 Å². The Bertz CT molecular complexity index is 684. The minimum absolute atomic E-state index is 0.870. The molecule has 1 N–H and O–H groups in total. The first-order chi connectivity index (χ1) is 11.4. The van der Waals surface area contributed by atoms with E-state index in [1.807, 2.05) is 32.1 Å². The van der Waals surface area contributed by atoms with Gasteiger partial charge in [-0.2, -0.15) is 0 Å². The molecule has 0 aliphatic carbocycles. The summed E-state index contributed by atoms with van der Waals surface area (Å²) in [5.74, 6) is 0. The highest BCUT2D eigenvalue weighted by atomic mass is 14.9. The van der Waals surface area contributed by atoms with Crippen molar-refractivity contribution in [3.05, 3.63) is 89.3 Å². The molecule has 0 aliphatic rings. The highest BCUT2D eigenvalue weighted by Crippen LogP contribution is 2.22. The van der Waals surface area contributed by atoms with Crippen LogP contribution in [0.15, 0.2) is 72.6 Å². The first kappa shape index (κ1) is 19.8. The Balaban J connectivity index is 2.86. The Labute approximate surface area is 148 Å². The van der Waals surface area contributed by atoms with Crippen molar-refractivity contribution >= 4 is 5.57 Å². The second kappa shape index (κ2) is 9.77. The Morgan fingerprint density at radius 2 is 1.92 bits per heavy atom. The van der Waals surface area contributed by atoms with Gasteiger partial charge in [-0.25, -0.2) is 0 Å². The molecule has 1 aromatic rings. The molecule has 0 saturated carbocycles. The first-order valence-corrected chi connectivity index (χ1v) is 8.60. The predicted octanol–water partition coefficient (Wildman–Crippen LogP) is 6.49. The van der Waals surface area contributed by atoms with Crippen LogP contribution in [0.5, 0.6) is 0 Å². The van der Waals surface area contributed by atoms with Gasteiger partial charge in [-0.15, -0.1) is 0 Å². The van der Waals surface area contributed by atoms with E-state index in [0.717, 1.165) is 23.4 Å². The molecular formula is C23H31N. The average Bonchev–Trinajstić information content (AvgIpc) is 2.55. The fraction of sp³-hybridized carbons (Fsp3) is 0.304. The van der Waals surface area contributed by atoms with E-state index in [1.165, 1.54) is 28.7 Å². The minimum atomic E-state index is 0.870. The summed E-state index contributed by atoms with van der Waals surface area (Å²) >= 11 is 0. The highest BCUT2D eigenvalue weighted by Gasteiger charge is 2.04. The second-order valence-corrected chi connectivity index (χ2v) is 6.21. The normalized spacial score (nSPS) is 13.0. The van der Waals surface area contributed by atoms with Gasteiger partial charge in [-0.05, 0) is 68.0 Å². The van der Waals surface area contributed by atoms with Gasteiger partial charge in [-0.1, -0.05) is 62.9 Å².